The van der Waals surface area contributed by atoms with Crippen LogP contribution in [0.1, 0.15) is 6.42 Å². The number of aromatic nitrogens is 4. The van der Waals surface area contributed by atoms with Crippen molar-refractivity contribution in [1.29, 1.82) is 0 Å². The first-order chi connectivity index (χ1) is 12.7. The molecule has 0 fully saturated rings. The summed E-state index contributed by atoms with van der Waals surface area (Å²) in [5.41, 5.74) is 1.34. The number of ether oxygens (including phenoxy) is 1. The molecular weight excluding hydrogens is 374 g/mol. The number of carbonyl (C=O) groups excluding carboxylic acids is 1. The van der Waals surface area contributed by atoms with Crippen molar-refractivity contribution in [3.63, 3.8) is 0 Å². The molecule has 0 saturated heterocycles. The number of rotatable bonds is 7. The number of hydrogen-bond donors (Lipinski definition) is 1. The molecule has 1 N–H and O–H groups in total. The summed E-state index contributed by atoms with van der Waals surface area (Å²) in [5, 5.41) is 15.6. The highest BCUT2D eigenvalue weighted by Gasteiger charge is 2.13. The standard InChI is InChI=1S/C17H16ClN5O2S/c1-25-15-9-5-4-8-14(15)23-17(20-21-22-23)26-11-10-16(24)19-13-7-3-2-6-12(13)18/h2-9H,10-11H2,1H3,(H,19,24). The van der Waals surface area contributed by atoms with Crippen molar-refractivity contribution in [3.05, 3.63) is 53.6 Å². The minimum atomic E-state index is -0.123. The third-order valence-electron chi connectivity index (χ3n) is 3.46. The molecular formula is C17H16ClN5O2S. The summed E-state index contributed by atoms with van der Waals surface area (Å²) in [5.74, 6) is 1.06. The molecule has 1 heterocycles. The lowest BCUT2D eigenvalue weighted by Gasteiger charge is -2.09. The molecule has 26 heavy (non-hydrogen) atoms. The first kappa shape index (κ1) is 18.2. The van der Waals surface area contributed by atoms with Gasteiger partial charge in [0.2, 0.25) is 11.1 Å². The van der Waals surface area contributed by atoms with Gasteiger partial charge in [-0.25, -0.2) is 0 Å². The van der Waals surface area contributed by atoms with Crippen LogP contribution in [0.2, 0.25) is 5.02 Å². The second-order valence-corrected chi connectivity index (χ2v) is 6.64. The zero-order chi connectivity index (χ0) is 18.4. The fourth-order valence-corrected chi connectivity index (χ4v) is 3.24. The van der Waals surface area contributed by atoms with E-state index in [0.717, 1.165) is 5.69 Å². The molecule has 0 bridgehead atoms. The molecule has 0 atom stereocenters. The van der Waals surface area contributed by atoms with Gasteiger partial charge in [0.15, 0.2) is 0 Å². The lowest BCUT2D eigenvalue weighted by molar-refractivity contribution is -0.115. The number of nitrogens with zero attached hydrogens (tertiary/aromatic N) is 4. The molecule has 0 aliphatic rings. The molecule has 0 aliphatic carbocycles. The maximum absolute atomic E-state index is 12.1. The highest BCUT2D eigenvalue weighted by molar-refractivity contribution is 7.99. The van der Waals surface area contributed by atoms with Gasteiger partial charge in [-0.15, -0.1) is 5.10 Å². The van der Waals surface area contributed by atoms with Gasteiger partial charge in [0.25, 0.3) is 0 Å². The van der Waals surface area contributed by atoms with E-state index in [4.69, 9.17) is 16.3 Å². The van der Waals surface area contributed by atoms with Crippen LogP contribution in [0, 0.1) is 0 Å². The lowest BCUT2D eigenvalue weighted by atomic mass is 10.3. The number of anilines is 1. The van der Waals surface area contributed by atoms with Crippen LogP contribution in [0.15, 0.2) is 53.7 Å². The number of benzene rings is 2. The number of thioether (sulfide) groups is 1. The molecule has 3 aromatic rings. The van der Waals surface area contributed by atoms with Gasteiger partial charge in [-0.3, -0.25) is 4.79 Å². The van der Waals surface area contributed by atoms with E-state index < -0.39 is 0 Å². The van der Waals surface area contributed by atoms with Crippen LogP contribution >= 0.6 is 23.4 Å². The molecule has 1 amide bonds. The summed E-state index contributed by atoms with van der Waals surface area (Å²) in [4.78, 5) is 12.1. The largest absolute Gasteiger partial charge is 0.494 e. The highest BCUT2D eigenvalue weighted by Crippen LogP contribution is 2.26. The van der Waals surface area contributed by atoms with Crippen molar-refractivity contribution >= 4 is 35.0 Å². The van der Waals surface area contributed by atoms with E-state index in [1.165, 1.54) is 11.8 Å². The van der Waals surface area contributed by atoms with Gasteiger partial charge in [-0.2, -0.15) is 4.68 Å². The van der Waals surface area contributed by atoms with E-state index in [1.54, 1.807) is 23.9 Å². The Morgan fingerprint density at radius 3 is 2.81 bits per heavy atom. The summed E-state index contributed by atoms with van der Waals surface area (Å²) in [7, 11) is 1.59. The van der Waals surface area contributed by atoms with E-state index in [9.17, 15) is 4.79 Å². The number of amides is 1. The fourth-order valence-electron chi connectivity index (χ4n) is 2.24. The van der Waals surface area contributed by atoms with Gasteiger partial charge in [0.1, 0.15) is 11.4 Å². The van der Waals surface area contributed by atoms with Gasteiger partial charge >= 0.3 is 0 Å². The Morgan fingerprint density at radius 2 is 2.00 bits per heavy atom. The predicted molar refractivity (Wildman–Crippen MR) is 101 cm³/mol. The highest BCUT2D eigenvalue weighted by atomic mass is 35.5. The van der Waals surface area contributed by atoms with E-state index in [1.807, 2.05) is 36.4 Å². The maximum atomic E-state index is 12.1. The third kappa shape index (κ3) is 4.33. The number of tetrazole rings is 1. The third-order valence-corrected chi connectivity index (χ3v) is 4.71. The summed E-state index contributed by atoms with van der Waals surface area (Å²) in [6, 6.07) is 14.6. The minimum Gasteiger partial charge on any atom is -0.494 e. The maximum Gasteiger partial charge on any atom is 0.225 e. The smallest absolute Gasteiger partial charge is 0.225 e. The van der Waals surface area contributed by atoms with Crippen LogP contribution in [0.3, 0.4) is 0 Å². The molecule has 0 saturated carbocycles. The molecule has 0 aliphatic heterocycles. The van der Waals surface area contributed by atoms with Crippen molar-refractivity contribution in [2.45, 2.75) is 11.6 Å². The van der Waals surface area contributed by atoms with Crippen molar-refractivity contribution in [2.24, 2.45) is 0 Å². The van der Waals surface area contributed by atoms with Crippen LogP contribution in [0.25, 0.3) is 5.69 Å². The first-order valence-corrected chi connectivity index (χ1v) is 9.14. The van der Waals surface area contributed by atoms with Gasteiger partial charge < -0.3 is 10.1 Å². The van der Waals surface area contributed by atoms with E-state index in [0.29, 0.717) is 33.8 Å². The van der Waals surface area contributed by atoms with Crippen LogP contribution in [0.4, 0.5) is 5.69 Å². The average molecular weight is 390 g/mol. The molecule has 7 nitrogen and oxygen atoms in total. The Balaban J connectivity index is 1.60. The number of methoxy groups -OCH3 is 1. The van der Waals surface area contributed by atoms with E-state index in [2.05, 4.69) is 20.8 Å². The topological polar surface area (TPSA) is 81.9 Å². The summed E-state index contributed by atoms with van der Waals surface area (Å²) in [6.45, 7) is 0. The molecule has 0 spiro atoms. The fraction of sp³-hybridized carbons (Fsp3) is 0.176. The SMILES string of the molecule is COc1ccccc1-n1nnnc1SCCC(=O)Nc1ccccc1Cl. The second kappa shape index (κ2) is 8.68. The molecule has 3 rings (SSSR count). The van der Waals surface area contributed by atoms with Gasteiger partial charge in [-0.1, -0.05) is 47.6 Å². The number of para-hydroxylation sites is 3. The van der Waals surface area contributed by atoms with Gasteiger partial charge in [-0.05, 0) is 34.7 Å². The first-order valence-electron chi connectivity index (χ1n) is 7.78. The van der Waals surface area contributed by atoms with Crippen molar-refractivity contribution in [2.75, 3.05) is 18.2 Å². The zero-order valence-corrected chi connectivity index (χ0v) is 15.5. The number of halogens is 1. The summed E-state index contributed by atoms with van der Waals surface area (Å²) >= 11 is 7.43. The van der Waals surface area contributed by atoms with E-state index in [-0.39, 0.29) is 5.91 Å². The van der Waals surface area contributed by atoms with Crippen LogP contribution in [-0.2, 0) is 4.79 Å². The number of nitrogens with one attached hydrogen (secondary N) is 1. The molecule has 2 aromatic carbocycles. The Kier molecular flexibility index (Phi) is 6.08. The Morgan fingerprint density at radius 1 is 1.23 bits per heavy atom. The Labute approximate surface area is 159 Å². The average Bonchev–Trinajstić information content (AvgIpc) is 3.12. The van der Waals surface area contributed by atoms with Gasteiger partial charge in [0.05, 0.1) is 17.8 Å². The van der Waals surface area contributed by atoms with Gasteiger partial charge in [0, 0.05) is 12.2 Å². The Hall–Kier alpha value is -2.58. The normalized spacial score (nSPS) is 10.5. The van der Waals surface area contributed by atoms with Crippen molar-refractivity contribution in [1.82, 2.24) is 20.2 Å². The lowest BCUT2D eigenvalue weighted by Crippen LogP contribution is -2.12. The molecule has 0 unspecified atom stereocenters. The van der Waals surface area contributed by atoms with Crippen LogP contribution < -0.4 is 10.1 Å². The van der Waals surface area contributed by atoms with E-state index >= 15 is 0 Å². The number of hydrogen-bond acceptors (Lipinski definition) is 6. The monoisotopic (exact) mass is 389 g/mol. The van der Waals surface area contributed by atoms with Crippen LogP contribution in [0.5, 0.6) is 5.75 Å². The summed E-state index contributed by atoms with van der Waals surface area (Å²) in [6.07, 6.45) is 0.300. The van der Waals surface area contributed by atoms with Crippen molar-refractivity contribution < 1.29 is 9.53 Å². The van der Waals surface area contributed by atoms with Crippen LogP contribution in [-0.4, -0.2) is 39.0 Å². The Bertz CT molecular complexity index is 902. The zero-order valence-electron chi connectivity index (χ0n) is 13.9. The molecule has 0 radical (unpaired) electrons. The second-order valence-electron chi connectivity index (χ2n) is 5.17. The summed E-state index contributed by atoms with van der Waals surface area (Å²) < 4.78 is 6.93. The minimum absolute atomic E-state index is 0.123. The molecule has 1 aromatic heterocycles. The molecule has 134 valence electrons. The predicted octanol–water partition coefficient (Wildman–Crippen LogP) is 3.45. The van der Waals surface area contributed by atoms with Crippen molar-refractivity contribution in [3.8, 4) is 11.4 Å². The number of carbonyl (C=O) groups is 1. The quantitative estimate of drug-likeness (QED) is 0.623. The molecule has 9 heteroatoms.